The molecule has 2 N–H and O–H groups in total. The van der Waals surface area contributed by atoms with Crippen LogP contribution in [-0.4, -0.2) is 12.1 Å². The number of para-hydroxylation sites is 1. The van der Waals surface area contributed by atoms with Crippen molar-refractivity contribution < 1.29 is 9.13 Å². The minimum Gasteiger partial charge on any atom is -0.496 e. The first-order valence-electron chi connectivity index (χ1n) is 7.24. The summed E-state index contributed by atoms with van der Waals surface area (Å²) in [4.78, 5) is 4.28. The molecule has 0 spiro atoms. The van der Waals surface area contributed by atoms with Crippen LogP contribution in [0.3, 0.4) is 0 Å². The van der Waals surface area contributed by atoms with E-state index in [-0.39, 0.29) is 17.2 Å². The Morgan fingerprint density at radius 2 is 1.79 bits per heavy atom. The lowest BCUT2D eigenvalue weighted by atomic mass is 9.97. The fourth-order valence-electron chi connectivity index (χ4n) is 2.53. The number of nitrogens with zero attached hydrogens (tertiary/aromatic N) is 2. The van der Waals surface area contributed by atoms with Crippen molar-refractivity contribution in [2.45, 2.75) is 0 Å². The molecule has 1 heterocycles. The van der Waals surface area contributed by atoms with E-state index in [1.807, 2.05) is 24.3 Å². The second kappa shape index (κ2) is 6.39. The molecule has 0 aliphatic rings. The molecule has 0 aliphatic heterocycles. The van der Waals surface area contributed by atoms with Crippen LogP contribution >= 0.6 is 0 Å². The van der Waals surface area contributed by atoms with E-state index in [4.69, 9.17) is 10.5 Å². The number of nitriles is 1. The number of anilines is 1. The molecule has 0 atom stereocenters. The molecule has 0 unspecified atom stereocenters. The first-order valence-corrected chi connectivity index (χ1v) is 7.24. The van der Waals surface area contributed by atoms with Crippen molar-refractivity contribution in [1.29, 1.82) is 5.26 Å². The number of rotatable bonds is 3. The minimum atomic E-state index is -0.328. The second-order valence-corrected chi connectivity index (χ2v) is 5.13. The maximum absolute atomic E-state index is 13.1. The largest absolute Gasteiger partial charge is 0.496 e. The Morgan fingerprint density at radius 1 is 1.08 bits per heavy atom. The first-order chi connectivity index (χ1) is 11.6. The topological polar surface area (TPSA) is 71.9 Å². The third-order valence-corrected chi connectivity index (χ3v) is 3.70. The highest BCUT2D eigenvalue weighted by atomic mass is 19.1. The molecular weight excluding hydrogens is 305 g/mol. The van der Waals surface area contributed by atoms with E-state index < -0.39 is 0 Å². The van der Waals surface area contributed by atoms with Gasteiger partial charge in [-0.1, -0.05) is 18.2 Å². The Balaban J connectivity index is 2.25. The van der Waals surface area contributed by atoms with Crippen LogP contribution in [-0.2, 0) is 0 Å². The van der Waals surface area contributed by atoms with Crippen LogP contribution in [0.2, 0.25) is 0 Å². The standard InChI is InChI=1S/C19H14FN3O/c1-24-18-5-3-2-4-14(18)15-10-17(23-19(22)16(15)11-21)12-6-8-13(20)9-7-12/h2-10H,1H3,(H2,22,23). The van der Waals surface area contributed by atoms with E-state index in [0.717, 1.165) is 5.56 Å². The summed E-state index contributed by atoms with van der Waals surface area (Å²) in [5, 5.41) is 9.46. The summed E-state index contributed by atoms with van der Waals surface area (Å²) < 4.78 is 18.5. The maximum Gasteiger partial charge on any atom is 0.142 e. The Morgan fingerprint density at radius 3 is 2.46 bits per heavy atom. The number of nitrogens with two attached hydrogens (primary N) is 1. The molecule has 24 heavy (non-hydrogen) atoms. The van der Waals surface area contributed by atoms with Crippen molar-refractivity contribution in [3.05, 3.63) is 66.0 Å². The Bertz CT molecular complexity index is 930. The Labute approximate surface area is 139 Å². The number of benzene rings is 2. The van der Waals surface area contributed by atoms with Crippen molar-refractivity contribution in [3.63, 3.8) is 0 Å². The number of halogens is 1. The number of nitrogen functional groups attached to an aromatic ring is 1. The summed E-state index contributed by atoms with van der Waals surface area (Å²) in [6.45, 7) is 0. The maximum atomic E-state index is 13.1. The van der Waals surface area contributed by atoms with Gasteiger partial charge in [0.15, 0.2) is 0 Å². The molecule has 0 aliphatic carbocycles. The van der Waals surface area contributed by atoms with E-state index in [2.05, 4.69) is 11.1 Å². The molecule has 2 aromatic carbocycles. The molecule has 0 fully saturated rings. The monoisotopic (exact) mass is 319 g/mol. The van der Waals surface area contributed by atoms with Crippen LogP contribution in [0, 0.1) is 17.1 Å². The molecule has 0 saturated carbocycles. The highest BCUT2D eigenvalue weighted by Crippen LogP contribution is 2.36. The van der Waals surface area contributed by atoms with Crippen molar-refractivity contribution >= 4 is 5.82 Å². The third kappa shape index (κ3) is 2.77. The van der Waals surface area contributed by atoms with Gasteiger partial charge in [0.05, 0.1) is 12.8 Å². The summed E-state index contributed by atoms with van der Waals surface area (Å²) in [6, 6.07) is 17.2. The molecule has 3 aromatic rings. The van der Waals surface area contributed by atoms with E-state index in [0.29, 0.717) is 22.6 Å². The molecule has 0 radical (unpaired) electrons. The summed E-state index contributed by atoms with van der Waals surface area (Å²) in [5.74, 6) is 0.426. The van der Waals surface area contributed by atoms with Crippen LogP contribution < -0.4 is 10.5 Å². The minimum absolute atomic E-state index is 0.125. The predicted molar refractivity (Wildman–Crippen MR) is 90.7 cm³/mol. The van der Waals surface area contributed by atoms with Crippen LogP contribution in [0.5, 0.6) is 5.75 Å². The fourth-order valence-corrected chi connectivity index (χ4v) is 2.53. The molecule has 0 bridgehead atoms. The van der Waals surface area contributed by atoms with Gasteiger partial charge in [0.1, 0.15) is 29.0 Å². The smallest absolute Gasteiger partial charge is 0.142 e. The van der Waals surface area contributed by atoms with Crippen LogP contribution in [0.25, 0.3) is 22.4 Å². The lowest BCUT2D eigenvalue weighted by Crippen LogP contribution is -2.00. The van der Waals surface area contributed by atoms with Gasteiger partial charge in [-0.15, -0.1) is 0 Å². The number of methoxy groups -OCH3 is 1. The van der Waals surface area contributed by atoms with E-state index >= 15 is 0 Å². The van der Waals surface area contributed by atoms with Crippen molar-refractivity contribution in [2.75, 3.05) is 12.8 Å². The van der Waals surface area contributed by atoms with Gasteiger partial charge in [0.25, 0.3) is 0 Å². The second-order valence-electron chi connectivity index (χ2n) is 5.13. The molecule has 5 heteroatoms. The zero-order valence-corrected chi connectivity index (χ0v) is 13.0. The third-order valence-electron chi connectivity index (χ3n) is 3.70. The molecule has 4 nitrogen and oxygen atoms in total. The van der Waals surface area contributed by atoms with Crippen LogP contribution in [0.4, 0.5) is 10.2 Å². The molecule has 0 amide bonds. The average Bonchev–Trinajstić information content (AvgIpc) is 2.61. The number of hydrogen-bond acceptors (Lipinski definition) is 4. The van der Waals surface area contributed by atoms with Gasteiger partial charge in [0, 0.05) is 16.7 Å². The first kappa shape index (κ1) is 15.5. The van der Waals surface area contributed by atoms with Crippen LogP contribution in [0.1, 0.15) is 5.56 Å². The molecule has 0 saturated heterocycles. The summed E-state index contributed by atoms with van der Waals surface area (Å²) in [5.41, 5.74) is 8.91. The number of pyridine rings is 1. The van der Waals surface area contributed by atoms with Gasteiger partial charge in [-0.3, -0.25) is 0 Å². The van der Waals surface area contributed by atoms with Crippen molar-refractivity contribution in [3.8, 4) is 34.2 Å². The van der Waals surface area contributed by atoms with Gasteiger partial charge in [0.2, 0.25) is 0 Å². The average molecular weight is 319 g/mol. The number of hydrogen-bond donors (Lipinski definition) is 1. The SMILES string of the molecule is COc1ccccc1-c1cc(-c2ccc(F)cc2)nc(N)c1C#N. The summed E-state index contributed by atoms with van der Waals surface area (Å²) in [7, 11) is 1.57. The highest BCUT2D eigenvalue weighted by Gasteiger charge is 2.16. The summed E-state index contributed by atoms with van der Waals surface area (Å²) in [6.07, 6.45) is 0. The highest BCUT2D eigenvalue weighted by molar-refractivity contribution is 5.82. The van der Waals surface area contributed by atoms with Gasteiger partial charge in [-0.2, -0.15) is 5.26 Å². The Hall–Kier alpha value is -3.39. The molecular formula is C19H14FN3O. The van der Waals surface area contributed by atoms with E-state index in [1.54, 1.807) is 25.3 Å². The lowest BCUT2D eigenvalue weighted by Gasteiger charge is -2.13. The summed E-state index contributed by atoms with van der Waals surface area (Å²) >= 11 is 0. The van der Waals surface area contributed by atoms with Gasteiger partial charge in [-0.05, 0) is 36.4 Å². The van der Waals surface area contributed by atoms with Crippen molar-refractivity contribution in [2.24, 2.45) is 0 Å². The van der Waals surface area contributed by atoms with E-state index in [9.17, 15) is 9.65 Å². The Kier molecular flexibility index (Phi) is 4.13. The normalized spacial score (nSPS) is 10.2. The predicted octanol–water partition coefficient (Wildman–Crippen LogP) is 4.02. The molecule has 118 valence electrons. The fraction of sp³-hybridized carbons (Fsp3) is 0.0526. The number of aromatic nitrogens is 1. The zero-order chi connectivity index (χ0) is 17.1. The number of ether oxygens (including phenoxy) is 1. The van der Waals surface area contributed by atoms with Crippen molar-refractivity contribution in [1.82, 2.24) is 4.98 Å². The van der Waals surface area contributed by atoms with E-state index in [1.165, 1.54) is 12.1 Å². The van der Waals surface area contributed by atoms with Gasteiger partial charge >= 0.3 is 0 Å². The van der Waals surface area contributed by atoms with Crippen LogP contribution in [0.15, 0.2) is 54.6 Å². The molecule has 3 rings (SSSR count). The zero-order valence-electron chi connectivity index (χ0n) is 13.0. The quantitative estimate of drug-likeness (QED) is 0.791. The van der Waals surface area contributed by atoms with Gasteiger partial charge < -0.3 is 10.5 Å². The lowest BCUT2D eigenvalue weighted by molar-refractivity contribution is 0.416. The molecule has 1 aromatic heterocycles. The van der Waals surface area contributed by atoms with Gasteiger partial charge in [-0.25, -0.2) is 9.37 Å².